The zero-order valence-corrected chi connectivity index (χ0v) is 17.0. The van der Waals surface area contributed by atoms with E-state index in [1.807, 2.05) is 73.6 Å². The molecule has 3 aromatic rings. The van der Waals surface area contributed by atoms with E-state index in [2.05, 4.69) is 10.6 Å². The van der Waals surface area contributed by atoms with Crippen LogP contribution in [0.2, 0.25) is 0 Å². The largest absolute Gasteiger partial charge is 0.378 e. The summed E-state index contributed by atoms with van der Waals surface area (Å²) < 4.78 is 0. The number of nitro groups is 1. The summed E-state index contributed by atoms with van der Waals surface area (Å²) >= 11 is 0. The molecule has 154 valence electrons. The van der Waals surface area contributed by atoms with Gasteiger partial charge >= 0.3 is 0 Å². The summed E-state index contributed by atoms with van der Waals surface area (Å²) in [6.45, 7) is 0.796. The van der Waals surface area contributed by atoms with Crippen molar-refractivity contribution < 1.29 is 9.72 Å². The predicted octanol–water partition coefficient (Wildman–Crippen LogP) is 4.20. The molecule has 0 atom stereocenters. The molecule has 7 heteroatoms. The van der Waals surface area contributed by atoms with Crippen molar-refractivity contribution in [3.8, 4) is 0 Å². The summed E-state index contributed by atoms with van der Waals surface area (Å²) in [6, 6.07) is 21.9. The number of carbonyl (C=O) groups is 1. The van der Waals surface area contributed by atoms with Crippen molar-refractivity contribution in [2.45, 2.75) is 13.1 Å². The van der Waals surface area contributed by atoms with Crippen LogP contribution in [0.25, 0.3) is 0 Å². The Morgan fingerprint density at radius 3 is 2.23 bits per heavy atom. The van der Waals surface area contributed by atoms with Gasteiger partial charge in [0.05, 0.1) is 4.92 Å². The Labute approximate surface area is 175 Å². The van der Waals surface area contributed by atoms with E-state index in [1.165, 1.54) is 6.07 Å². The minimum absolute atomic E-state index is 0.131. The summed E-state index contributed by atoms with van der Waals surface area (Å²) in [5, 5.41) is 17.4. The van der Waals surface area contributed by atoms with E-state index in [0.717, 1.165) is 16.8 Å². The van der Waals surface area contributed by atoms with Crippen LogP contribution in [0.4, 0.5) is 17.1 Å². The number of carbonyl (C=O) groups excluding carboxylic acids is 1. The molecule has 0 aliphatic heterocycles. The fraction of sp³-hybridized carbons (Fsp3) is 0.174. The second kappa shape index (κ2) is 9.56. The number of hydrogen-bond acceptors (Lipinski definition) is 5. The average molecular weight is 404 g/mol. The van der Waals surface area contributed by atoms with Gasteiger partial charge in [0.2, 0.25) is 0 Å². The molecule has 0 spiro atoms. The summed E-state index contributed by atoms with van der Waals surface area (Å²) in [5.41, 5.74) is 3.52. The highest BCUT2D eigenvalue weighted by atomic mass is 16.6. The Bertz CT molecular complexity index is 1020. The molecule has 0 aliphatic carbocycles. The van der Waals surface area contributed by atoms with Crippen LogP contribution in [-0.4, -0.2) is 24.9 Å². The SMILES string of the molecule is CN(C)c1ccc(CNC(=O)c2ccc(NCc3ccccc3)c([N+](=O)[O-])c2)cc1. The first kappa shape index (κ1) is 20.9. The lowest BCUT2D eigenvalue weighted by molar-refractivity contribution is -0.384. The van der Waals surface area contributed by atoms with E-state index in [-0.39, 0.29) is 17.2 Å². The lowest BCUT2D eigenvalue weighted by atomic mass is 10.1. The summed E-state index contributed by atoms with van der Waals surface area (Å²) in [5.74, 6) is -0.357. The van der Waals surface area contributed by atoms with Gasteiger partial charge in [-0.15, -0.1) is 0 Å². The summed E-state index contributed by atoms with van der Waals surface area (Å²) in [7, 11) is 3.92. The molecule has 0 unspecified atom stereocenters. The molecule has 2 N–H and O–H groups in total. The lowest BCUT2D eigenvalue weighted by Gasteiger charge is -2.13. The van der Waals surface area contributed by atoms with Gasteiger partial charge in [0, 0.05) is 44.5 Å². The molecule has 0 fully saturated rings. The molecule has 30 heavy (non-hydrogen) atoms. The fourth-order valence-electron chi connectivity index (χ4n) is 2.96. The van der Waals surface area contributed by atoms with E-state index in [0.29, 0.717) is 18.8 Å². The van der Waals surface area contributed by atoms with Crippen LogP contribution < -0.4 is 15.5 Å². The molecule has 0 saturated carbocycles. The number of benzene rings is 3. The smallest absolute Gasteiger partial charge is 0.293 e. The van der Waals surface area contributed by atoms with Crippen LogP contribution >= 0.6 is 0 Å². The number of nitro benzene ring substituents is 1. The zero-order valence-electron chi connectivity index (χ0n) is 17.0. The maximum Gasteiger partial charge on any atom is 0.293 e. The molecule has 0 heterocycles. The van der Waals surface area contributed by atoms with Gasteiger partial charge < -0.3 is 15.5 Å². The van der Waals surface area contributed by atoms with Crippen molar-refractivity contribution in [1.29, 1.82) is 0 Å². The molecule has 3 aromatic carbocycles. The molecular formula is C23H24N4O3. The van der Waals surface area contributed by atoms with Crippen molar-refractivity contribution in [3.05, 3.63) is 99.6 Å². The standard InChI is InChI=1S/C23H24N4O3/c1-26(2)20-11-8-18(9-12-20)16-25-23(28)19-10-13-21(22(14-19)27(29)30)24-15-17-6-4-3-5-7-17/h3-14,24H,15-16H2,1-2H3,(H,25,28). The monoisotopic (exact) mass is 404 g/mol. The number of nitrogens with one attached hydrogen (secondary N) is 2. The van der Waals surface area contributed by atoms with Crippen LogP contribution in [0.3, 0.4) is 0 Å². The van der Waals surface area contributed by atoms with Gasteiger partial charge in [-0.2, -0.15) is 0 Å². The van der Waals surface area contributed by atoms with E-state index in [9.17, 15) is 14.9 Å². The summed E-state index contributed by atoms with van der Waals surface area (Å²) in [4.78, 5) is 25.5. The molecule has 0 aromatic heterocycles. The van der Waals surface area contributed by atoms with Crippen LogP contribution in [-0.2, 0) is 13.1 Å². The number of anilines is 2. The van der Waals surface area contributed by atoms with Crippen molar-refractivity contribution in [3.63, 3.8) is 0 Å². The molecule has 3 rings (SSSR count). The van der Waals surface area contributed by atoms with E-state index >= 15 is 0 Å². The second-order valence-electron chi connectivity index (χ2n) is 7.07. The van der Waals surface area contributed by atoms with Crippen molar-refractivity contribution in [2.75, 3.05) is 24.3 Å². The normalized spacial score (nSPS) is 10.3. The molecule has 0 radical (unpaired) electrons. The van der Waals surface area contributed by atoms with Crippen molar-refractivity contribution in [1.82, 2.24) is 5.32 Å². The Balaban J connectivity index is 1.67. The van der Waals surface area contributed by atoms with E-state index in [1.54, 1.807) is 12.1 Å². The minimum Gasteiger partial charge on any atom is -0.378 e. The first-order valence-electron chi connectivity index (χ1n) is 9.55. The molecule has 7 nitrogen and oxygen atoms in total. The highest BCUT2D eigenvalue weighted by Gasteiger charge is 2.17. The first-order valence-corrected chi connectivity index (χ1v) is 9.55. The highest BCUT2D eigenvalue weighted by Crippen LogP contribution is 2.26. The molecule has 1 amide bonds. The van der Waals surface area contributed by atoms with Crippen molar-refractivity contribution >= 4 is 23.0 Å². The molecule has 0 saturated heterocycles. The summed E-state index contributed by atoms with van der Waals surface area (Å²) in [6.07, 6.45) is 0. The van der Waals surface area contributed by atoms with Gasteiger partial charge in [-0.1, -0.05) is 42.5 Å². The van der Waals surface area contributed by atoms with Crippen LogP contribution in [0.1, 0.15) is 21.5 Å². The fourth-order valence-corrected chi connectivity index (χ4v) is 2.96. The predicted molar refractivity (Wildman–Crippen MR) is 119 cm³/mol. The second-order valence-corrected chi connectivity index (χ2v) is 7.07. The van der Waals surface area contributed by atoms with Gasteiger partial charge in [-0.25, -0.2) is 0 Å². The third-order valence-corrected chi connectivity index (χ3v) is 4.69. The van der Waals surface area contributed by atoms with Gasteiger partial charge in [-0.3, -0.25) is 14.9 Å². The quantitative estimate of drug-likeness (QED) is 0.434. The van der Waals surface area contributed by atoms with Gasteiger partial charge in [0.25, 0.3) is 11.6 Å². The van der Waals surface area contributed by atoms with Crippen molar-refractivity contribution in [2.24, 2.45) is 0 Å². The number of hydrogen-bond donors (Lipinski definition) is 2. The Kier molecular flexibility index (Phi) is 6.64. The lowest BCUT2D eigenvalue weighted by Crippen LogP contribution is -2.23. The van der Waals surface area contributed by atoms with Crippen LogP contribution in [0.15, 0.2) is 72.8 Å². The maximum atomic E-state index is 12.5. The number of rotatable bonds is 8. The van der Waals surface area contributed by atoms with E-state index < -0.39 is 4.92 Å². The topological polar surface area (TPSA) is 87.5 Å². The van der Waals surface area contributed by atoms with Gasteiger partial charge in [0.15, 0.2) is 0 Å². The van der Waals surface area contributed by atoms with Crippen LogP contribution in [0.5, 0.6) is 0 Å². The third-order valence-electron chi connectivity index (χ3n) is 4.69. The maximum absolute atomic E-state index is 12.5. The van der Waals surface area contributed by atoms with E-state index in [4.69, 9.17) is 0 Å². The van der Waals surface area contributed by atoms with Gasteiger partial charge in [-0.05, 0) is 35.4 Å². The molecule has 0 aliphatic rings. The first-order chi connectivity index (χ1) is 14.4. The Morgan fingerprint density at radius 1 is 0.933 bits per heavy atom. The van der Waals surface area contributed by atoms with Crippen LogP contribution in [0, 0.1) is 10.1 Å². The van der Waals surface area contributed by atoms with Gasteiger partial charge in [0.1, 0.15) is 5.69 Å². The molecule has 0 bridgehead atoms. The Morgan fingerprint density at radius 2 is 1.60 bits per heavy atom. The minimum atomic E-state index is -0.482. The Hall–Kier alpha value is -3.87. The number of nitrogens with zero attached hydrogens (tertiary/aromatic N) is 2. The third kappa shape index (κ3) is 5.35. The number of amides is 1. The highest BCUT2D eigenvalue weighted by molar-refractivity contribution is 5.95. The average Bonchev–Trinajstić information content (AvgIpc) is 2.76. The molecular weight excluding hydrogens is 380 g/mol. The zero-order chi connectivity index (χ0) is 21.5.